The maximum atomic E-state index is 13.4. The maximum Gasteiger partial charge on any atom is 0.435 e. The van der Waals surface area contributed by atoms with E-state index < -0.39 is 17.5 Å². The second kappa shape index (κ2) is 4.24. The van der Waals surface area contributed by atoms with E-state index in [0.29, 0.717) is 10.9 Å². The van der Waals surface area contributed by atoms with Gasteiger partial charge in [-0.2, -0.15) is 9.78 Å². The number of benzene rings is 1. The first-order chi connectivity index (χ1) is 8.28. The lowest BCUT2D eigenvalue weighted by molar-refractivity contribution is 0.0522. The van der Waals surface area contributed by atoms with Crippen LogP contribution in [0, 0.1) is 5.82 Å². The highest BCUT2D eigenvalue weighted by atomic mass is 35.5. The molecule has 0 fully saturated rings. The molecule has 4 nitrogen and oxygen atoms in total. The minimum atomic E-state index is -0.653. The third-order valence-corrected chi connectivity index (χ3v) is 2.47. The smallest absolute Gasteiger partial charge is 0.435 e. The van der Waals surface area contributed by atoms with Gasteiger partial charge < -0.3 is 4.74 Å². The van der Waals surface area contributed by atoms with Crippen molar-refractivity contribution in [1.82, 2.24) is 9.78 Å². The van der Waals surface area contributed by atoms with Gasteiger partial charge in [-0.3, -0.25) is 0 Å². The Labute approximate surface area is 108 Å². The van der Waals surface area contributed by atoms with Gasteiger partial charge in [0.05, 0.1) is 16.7 Å². The molecule has 0 aliphatic rings. The van der Waals surface area contributed by atoms with Crippen molar-refractivity contribution in [3.05, 3.63) is 29.2 Å². The van der Waals surface area contributed by atoms with Crippen molar-refractivity contribution >= 4 is 28.6 Å². The van der Waals surface area contributed by atoms with Gasteiger partial charge in [-0.15, -0.1) is 0 Å². The van der Waals surface area contributed by atoms with Crippen LogP contribution in [0.1, 0.15) is 20.8 Å². The van der Waals surface area contributed by atoms with Crippen LogP contribution in [0.2, 0.25) is 5.02 Å². The van der Waals surface area contributed by atoms with Crippen LogP contribution in [0.4, 0.5) is 9.18 Å². The van der Waals surface area contributed by atoms with Crippen molar-refractivity contribution in [2.24, 2.45) is 0 Å². The molecule has 0 N–H and O–H groups in total. The van der Waals surface area contributed by atoms with Gasteiger partial charge in [0.25, 0.3) is 0 Å². The highest BCUT2D eigenvalue weighted by Gasteiger charge is 2.20. The number of fused-ring (bicyclic) bond motifs is 1. The van der Waals surface area contributed by atoms with Crippen molar-refractivity contribution < 1.29 is 13.9 Å². The number of ether oxygens (including phenoxy) is 1. The normalized spacial score (nSPS) is 11.8. The van der Waals surface area contributed by atoms with Crippen LogP contribution in [0.25, 0.3) is 10.9 Å². The molecule has 96 valence electrons. The van der Waals surface area contributed by atoms with Gasteiger partial charge in [0.2, 0.25) is 0 Å². The first-order valence-corrected chi connectivity index (χ1v) is 5.72. The Bertz CT molecular complexity index is 616. The Hall–Kier alpha value is -1.62. The molecule has 2 rings (SSSR count). The number of rotatable bonds is 0. The summed E-state index contributed by atoms with van der Waals surface area (Å²) in [6.07, 6.45) is 0.782. The average Bonchev–Trinajstić information content (AvgIpc) is 2.59. The Morgan fingerprint density at radius 1 is 1.44 bits per heavy atom. The number of halogens is 2. The maximum absolute atomic E-state index is 13.4. The number of hydrogen-bond donors (Lipinski definition) is 0. The van der Waals surface area contributed by atoms with Crippen molar-refractivity contribution in [2.75, 3.05) is 0 Å². The molecule has 0 bridgehead atoms. The van der Waals surface area contributed by atoms with Crippen LogP contribution in [0.15, 0.2) is 18.3 Å². The zero-order valence-corrected chi connectivity index (χ0v) is 11.0. The van der Waals surface area contributed by atoms with E-state index in [1.165, 1.54) is 12.3 Å². The van der Waals surface area contributed by atoms with Crippen LogP contribution in [0.5, 0.6) is 0 Å². The number of hydrogen-bond acceptors (Lipinski definition) is 3. The molecule has 1 aromatic carbocycles. The zero-order chi connectivity index (χ0) is 13.5. The zero-order valence-electron chi connectivity index (χ0n) is 10.2. The molecule has 0 saturated heterocycles. The van der Waals surface area contributed by atoms with Crippen LogP contribution in [0.3, 0.4) is 0 Å². The van der Waals surface area contributed by atoms with E-state index in [-0.39, 0.29) is 5.02 Å². The van der Waals surface area contributed by atoms with Gasteiger partial charge in [-0.05, 0) is 26.8 Å². The molecular weight excluding hydrogens is 259 g/mol. The fraction of sp³-hybridized carbons (Fsp3) is 0.333. The van der Waals surface area contributed by atoms with E-state index in [1.807, 2.05) is 0 Å². The van der Waals surface area contributed by atoms with Crippen LogP contribution < -0.4 is 0 Å². The second-order valence-electron chi connectivity index (χ2n) is 4.86. The third-order valence-electron chi connectivity index (χ3n) is 2.18. The lowest BCUT2D eigenvalue weighted by Gasteiger charge is -2.19. The molecule has 2 aromatic rings. The fourth-order valence-electron chi connectivity index (χ4n) is 1.47. The fourth-order valence-corrected chi connectivity index (χ4v) is 1.64. The van der Waals surface area contributed by atoms with E-state index >= 15 is 0 Å². The number of carbonyl (C=O) groups is 1. The van der Waals surface area contributed by atoms with Gasteiger partial charge >= 0.3 is 6.09 Å². The molecule has 18 heavy (non-hydrogen) atoms. The number of carbonyl (C=O) groups excluding carboxylic acids is 1. The van der Waals surface area contributed by atoms with Crippen LogP contribution in [-0.4, -0.2) is 21.5 Å². The molecule has 6 heteroatoms. The lowest BCUT2D eigenvalue weighted by atomic mass is 10.2. The summed E-state index contributed by atoms with van der Waals surface area (Å²) < 4.78 is 19.6. The number of nitrogens with zero attached hydrogens (tertiary/aromatic N) is 2. The molecule has 1 aromatic heterocycles. The molecule has 0 aliphatic heterocycles. The van der Waals surface area contributed by atoms with Gasteiger partial charge in [-0.1, -0.05) is 11.6 Å². The molecule has 0 amide bonds. The van der Waals surface area contributed by atoms with Crippen molar-refractivity contribution in [3.63, 3.8) is 0 Å². The number of aromatic nitrogens is 2. The SMILES string of the molecule is CC(C)(C)OC(=O)n1ncc2cc(Cl)c(F)cc21. The highest BCUT2D eigenvalue weighted by Crippen LogP contribution is 2.23. The first kappa shape index (κ1) is 12.8. The summed E-state index contributed by atoms with van der Waals surface area (Å²) >= 11 is 5.65. The van der Waals surface area contributed by atoms with E-state index in [4.69, 9.17) is 16.3 Å². The van der Waals surface area contributed by atoms with Gasteiger partial charge in [0.15, 0.2) is 0 Å². The molecule has 0 unspecified atom stereocenters. The predicted octanol–water partition coefficient (Wildman–Crippen LogP) is 3.61. The molecule has 0 radical (unpaired) electrons. The highest BCUT2D eigenvalue weighted by molar-refractivity contribution is 6.31. The summed E-state index contributed by atoms with van der Waals surface area (Å²) in [6.45, 7) is 5.23. The predicted molar refractivity (Wildman–Crippen MR) is 66.3 cm³/mol. The van der Waals surface area contributed by atoms with E-state index in [9.17, 15) is 9.18 Å². The summed E-state index contributed by atoms with van der Waals surface area (Å²) in [5, 5.41) is 4.45. The Morgan fingerprint density at radius 2 is 2.11 bits per heavy atom. The summed E-state index contributed by atoms with van der Waals surface area (Å²) in [5.41, 5.74) is -0.313. The summed E-state index contributed by atoms with van der Waals surface area (Å²) in [5.74, 6) is -0.602. The summed E-state index contributed by atoms with van der Waals surface area (Å²) in [6, 6.07) is 2.58. The molecule has 1 heterocycles. The third kappa shape index (κ3) is 2.46. The van der Waals surface area contributed by atoms with E-state index in [1.54, 1.807) is 20.8 Å². The monoisotopic (exact) mass is 270 g/mol. The van der Waals surface area contributed by atoms with Gasteiger partial charge in [-0.25, -0.2) is 9.18 Å². The molecule has 0 saturated carbocycles. The molecule has 0 spiro atoms. The molecule has 0 atom stereocenters. The van der Waals surface area contributed by atoms with E-state index in [0.717, 1.165) is 10.7 Å². The van der Waals surface area contributed by atoms with Gasteiger partial charge in [0, 0.05) is 11.5 Å². The van der Waals surface area contributed by atoms with Crippen molar-refractivity contribution in [2.45, 2.75) is 26.4 Å². The minimum absolute atomic E-state index is 0.00811. The van der Waals surface area contributed by atoms with E-state index in [2.05, 4.69) is 5.10 Å². The Morgan fingerprint density at radius 3 is 2.72 bits per heavy atom. The van der Waals surface area contributed by atoms with Crippen LogP contribution >= 0.6 is 11.6 Å². The average molecular weight is 271 g/mol. The van der Waals surface area contributed by atoms with Crippen LogP contribution in [-0.2, 0) is 4.74 Å². The Balaban J connectivity index is 2.46. The quantitative estimate of drug-likeness (QED) is 0.734. The van der Waals surface area contributed by atoms with Gasteiger partial charge in [0.1, 0.15) is 11.4 Å². The second-order valence-corrected chi connectivity index (χ2v) is 5.27. The largest absolute Gasteiger partial charge is 0.442 e. The Kier molecular flexibility index (Phi) is 3.02. The molecule has 0 aliphatic carbocycles. The summed E-state index contributed by atoms with van der Waals surface area (Å²) in [4.78, 5) is 11.9. The summed E-state index contributed by atoms with van der Waals surface area (Å²) in [7, 11) is 0. The lowest BCUT2D eigenvalue weighted by Crippen LogP contribution is -2.27. The molecular formula is C12H12ClFN2O2. The standard InChI is InChI=1S/C12H12ClFN2O2/c1-12(2,3)18-11(17)16-10-5-9(14)8(13)4-7(10)6-15-16/h4-6H,1-3H3. The topological polar surface area (TPSA) is 44.1 Å². The van der Waals surface area contributed by atoms with Crippen molar-refractivity contribution in [3.8, 4) is 0 Å². The first-order valence-electron chi connectivity index (χ1n) is 5.34. The minimum Gasteiger partial charge on any atom is -0.442 e. The van der Waals surface area contributed by atoms with Crippen molar-refractivity contribution in [1.29, 1.82) is 0 Å².